The van der Waals surface area contributed by atoms with Gasteiger partial charge in [-0.15, -0.1) is 0 Å². The molecule has 0 bridgehead atoms. The molecule has 1 amide bonds. The Kier molecular flexibility index (Phi) is 6.21. The number of amides is 1. The molecule has 0 aliphatic carbocycles. The third-order valence-electron chi connectivity index (χ3n) is 5.05. The Balaban J connectivity index is 1.39. The molecule has 33 heavy (non-hydrogen) atoms. The molecule has 0 radical (unpaired) electrons. The van der Waals surface area contributed by atoms with Gasteiger partial charge in [0.1, 0.15) is 5.82 Å². The van der Waals surface area contributed by atoms with Gasteiger partial charge >= 0.3 is 0 Å². The zero-order chi connectivity index (χ0) is 23.4. The molecule has 3 aromatic heterocycles. The van der Waals surface area contributed by atoms with Gasteiger partial charge in [-0.25, -0.2) is 18.7 Å². The minimum absolute atomic E-state index is 0.0534. The largest absolute Gasteiger partial charge is 0.325 e. The SMILES string of the molecule is Cn1cc(Cc2ncc(-c3ccc(CC(=O)Nc4ccncc4C(C)(F)F)cc3)cn2)cn1. The number of alkyl halides is 2. The summed E-state index contributed by atoms with van der Waals surface area (Å²) in [4.78, 5) is 25.0. The second-order valence-electron chi connectivity index (χ2n) is 7.82. The van der Waals surface area contributed by atoms with E-state index >= 15 is 0 Å². The van der Waals surface area contributed by atoms with Gasteiger partial charge < -0.3 is 5.32 Å². The Labute approximate surface area is 189 Å². The Hall–Kier alpha value is -4.01. The summed E-state index contributed by atoms with van der Waals surface area (Å²) < 4.78 is 29.2. The number of pyridine rings is 1. The van der Waals surface area contributed by atoms with Gasteiger partial charge in [-0.1, -0.05) is 24.3 Å². The maximum atomic E-state index is 13.7. The number of hydrogen-bond acceptors (Lipinski definition) is 5. The number of nitrogens with zero attached hydrogens (tertiary/aromatic N) is 5. The van der Waals surface area contributed by atoms with Crippen molar-refractivity contribution in [3.05, 3.63) is 90.0 Å². The molecule has 0 spiro atoms. The van der Waals surface area contributed by atoms with Crippen molar-refractivity contribution in [2.45, 2.75) is 25.7 Å². The van der Waals surface area contributed by atoms with Crippen LogP contribution in [0, 0.1) is 0 Å². The van der Waals surface area contributed by atoms with Crippen LogP contribution in [0.2, 0.25) is 0 Å². The van der Waals surface area contributed by atoms with E-state index in [1.165, 1.54) is 12.3 Å². The van der Waals surface area contributed by atoms with Crippen LogP contribution in [0.3, 0.4) is 0 Å². The standard InChI is InChI=1S/C24H22F2N6O/c1-24(25,26)20-14-27-8-7-21(20)31-23(33)10-16-3-5-18(6-4-16)19-12-28-22(29-13-19)9-17-11-30-32(2)15-17/h3-8,11-15H,9-10H2,1-2H3,(H,27,31,33). The maximum absolute atomic E-state index is 13.7. The molecular weight excluding hydrogens is 426 g/mol. The summed E-state index contributed by atoms with van der Waals surface area (Å²) in [6, 6.07) is 8.76. The van der Waals surface area contributed by atoms with Gasteiger partial charge in [-0.3, -0.25) is 14.5 Å². The Morgan fingerprint density at radius 2 is 1.73 bits per heavy atom. The molecule has 0 unspecified atom stereocenters. The van der Waals surface area contributed by atoms with E-state index in [-0.39, 0.29) is 23.6 Å². The fraction of sp³-hybridized carbons (Fsp3) is 0.208. The van der Waals surface area contributed by atoms with Crippen LogP contribution in [0.15, 0.2) is 67.5 Å². The number of carbonyl (C=O) groups excluding carboxylic acids is 1. The number of rotatable bonds is 7. The van der Waals surface area contributed by atoms with Crippen molar-refractivity contribution in [2.75, 3.05) is 5.32 Å². The molecule has 4 rings (SSSR count). The Morgan fingerprint density at radius 3 is 2.36 bits per heavy atom. The number of nitrogens with one attached hydrogen (secondary N) is 1. The summed E-state index contributed by atoms with van der Waals surface area (Å²) in [5.41, 5.74) is 3.30. The number of aromatic nitrogens is 5. The van der Waals surface area contributed by atoms with Crippen LogP contribution < -0.4 is 5.32 Å². The van der Waals surface area contributed by atoms with E-state index in [1.54, 1.807) is 23.3 Å². The molecule has 1 aromatic carbocycles. The van der Waals surface area contributed by atoms with Crippen LogP contribution in [-0.4, -0.2) is 30.6 Å². The van der Waals surface area contributed by atoms with Crippen LogP contribution in [-0.2, 0) is 30.6 Å². The lowest BCUT2D eigenvalue weighted by atomic mass is 10.0. The molecule has 0 fully saturated rings. The maximum Gasteiger partial charge on any atom is 0.274 e. The predicted molar refractivity (Wildman–Crippen MR) is 120 cm³/mol. The fourth-order valence-electron chi connectivity index (χ4n) is 3.39. The second-order valence-corrected chi connectivity index (χ2v) is 7.82. The zero-order valence-corrected chi connectivity index (χ0v) is 18.2. The minimum atomic E-state index is -3.10. The molecule has 0 saturated heterocycles. The van der Waals surface area contributed by atoms with Crippen molar-refractivity contribution >= 4 is 11.6 Å². The average Bonchev–Trinajstić information content (AvgIpc) is 3.19. The number of halogens is 2. The third kappa shape index (κ3) is 5.62. The summed E-state index contributed by atoms with van der Waals surface area (Å²) in [5.74, 6) is -2.79. The normalized spacial score (nSPS) is 11.4. The van der Waals surface area contributed by atoms with Crippen molar-refractivity contribution < 1.29 is 13.6 Å². The minimum Gasteiger partial charge on any atom is -0.325 e. The highest BCUT2D eigenvalue weighted by Gasteiger charge is 2.28. The number of carbonyl (C=O) groups is 1. The topological polar surface area (TPSA) is 85.6 Å². The first kappa shape index (κ1) is 22.2. The van der Waals surface area contributed by atoms with E-state index < -0.39 is 5.92 Å². The van der Waals surface area contributed by atoms with Gasteiger partial charge in [-0.2, -0.15) is 5.10 Å². The number of anilines is 1. The first-order chi connectivity index (χ1) is 15.8. The van der Waals surface area contributed by atoms with Crippen LogP contribution in [0.4, 0.5) is 14.5 Å². The van der Waals surface area contributed by atoms with Gasteiger partial charge in [0.2, 0.25) is 5.91 Å². The van der Waals surface area contributed by atoms with Crippen molar-refractivity contribution in [1.82, 2.24) is 24.7 Å². The predicted octanol–water partition coefficient (Wildman–Crippen LogP) is 4.16. The lowest BCUT2D eigenvalue weighted by molar-refractivity contribution is -0.115. The van der Waals surface area contributed by atoms with E-state index in [4.69, 9.17) is 0 Å². The third-order valence-corrected chi connectivity index (χ3v) is 5.05. The molecule has 4 aromatic rings. The quantitative estimate of drug-likeness (QED) is 0.459. The number of aryl methyl sites for hydroxylation is 1. The first-order valence-corrected chi connectivity index (χ1v) is 10.3. The zero-order valence-electron chi connectivity index (χ0n) is 18.2. The van der Waals surface area contributed by atoms with Crippen LogP contribution in [0.1, 0.15) is 29.4 Å². The summed E-state index contributed by atoms with van der Waals surface area (Å²) in [7, 11) is 1.86. The monoisotopic (exact) mass is 448 g/mol. The van der Waals surface area contributed by atoms with Gasteiger partial charge in [-0.05, 0) is 22.8 Å². The van der Waals surface area contributed by atoms with Crippen molar-refractivity contribution in [3.63, 3.8) is 0 Å². The Bertz CT molecular complexity index is 1250. The smallest absolute Gasteiger partial charge is 0.274 e. The number of hydrogen-bond donors (Lipinski definition) is 1. The van der Waals surface area contributed by atoms with E-state index in [1.807, 2.05) is 37.5 Å². The highest BCUT2D eigenvalue weighted by atomic mass is 19.3. The summed E-state index contributed by atoms with van der Waals surface area (Å²) in [5, 5.41) is 6.70. The lowest BCUT2D eigenvalue weighted by Crippen LogP contribution is -2.19. The number of benzene rings is 1. The van der Waals surface area contributed by atoms with Crippen LogP contribution in [0.5, 0.6) is 0 Å². The summed E-state index contributed by atoms with van der Waals surface area (Å²) in [6.07, 6.45) is 10.3. The van der Waals surface area contributed by atoms with Gasteiger partial charge in [0.25, 0.3) is 5.92 Å². The van der Waals surface area contributed by atoms with Gasteiger partial charge in [0, 0.05) is 56.9 Å². The highest BCUT2D eigenvalue weighted by Crippen LogP contribution is 2.32. The molecule has 7 nitrogen and oxygen atoms in total. The molecule has 0 saturated carbocycles. The molecule has 3 heterocycles. The van der Waals surface area contributed by atoms with Crippen LogP contribution in [0.25, 0.3) is 11.1 Å². The first-order valence-electron chi connectivity index (χ1n) is 10.3. The van der Waals surface area contributed by atoms with E-state index in [9.17, 15) is 13.6 Å². The van der Waals surface area contributed by atoms with Crippen LogP contribution >= 0.6 is 0 Å². The molecule has 1 N–H and O–H groups in total. The van der Waals surface area contributed by atoms with Gasteiger partial charge in [0.15, 0.2) is 0 Å². The van der Waals surface area contributed by atoms with E-state index in [0.29, 0.717) is 12.2 Å². The second kappa shape index (κ2) is 9.23. The summed E-state index contributed by atoms with van der Waals surface area (Å²) >= 11 is 0. The fourth-order valence-corrected chi connectivity index (χ4v) is 3.39. The highest BCUT2D eigenvalue weighted by molar-refractivity contribution is 5.93. The lowest BCUT2D eigenvalue weighted by Gasteiger charge is -2.15. The van der Waals surface area contributed by atoms with E-state index in [2.05, 4.69) is 25.4 Å². The molecule has 9 heteroatoms. The molecule has 0 atom stereocenters. The molecule has 0 aliphatic heterocycles. The summed E-state index contributed by atoms with van der Waals surface area (Å²) in [6.45, 7) is 0.771. The van der Waals surface area contributed by atoms with Crippen molar-refractivity contribution in [3.8, 4) is 11.1 Å². The molecule has 0 aliphatic rings. The molecular formula is C24H22F2N6O. The Morgan fingerprint density at radius 1 is 1.00 bits per heavy atom. The van der Waals surface area contributed by atoms with Crippen molar-refractivity contribution in [1.29, 1.82) is 0 Å². The molecule has 168 valence electrons. The van der Waals surface area contributed by atoms with E-state index in [0.717, 1.165) is 35.4 Å². The average molecular weight is 448 g/mol. The van der Waals surface area contributed by atoms with Crippen molar-refractivity contribution in [2.24, 2.45) is 7.05 Å². The van der Waals surface area contributed by atoms with Gasteiger partial charge in [0.05, 0.1) is 23.9 Å².